The highest BCUT2D eigenvalue weighted by Crippen LogP contribution is 2.07. The molecule has 3 nitrogen and oxygen atoms in total. The molecule has 0 amide bonds. The van der Waals surface area contributed by atoms with Gasteiger partial charge in [-0.05, 0) is 12.1 Å². The Bertz CT molecular complexity index is 346. The topological polar surface area (TPSA) is 46.5 Å². The molecule has 0 aliphatic carbocycles. The Morgan fingerprint density at radius 2 is 2.07 bits per heavy atom. The molecule has 0 aromatic heterocycles. The van der Waals surface area contributed by atoms with Crippen LogP contribution in [0.5, 0.6) is 5.75 Å². The summed E-state index contributed by atoms with van der Waals surface area (Å²) in [6.07, 6.45) is 0.418. The van der Waals surface area contributed by atoms with E-state index in [0.717, 1.165) is 5.75 Å². The minimum Gasteiger partial charge on any atom is -0.493 e. The molecular formula is C11H10O3. The Hall–Kier alpha value is -1.95. The Kier molecular flexibility index (Phi) is 4.09. The zero-order chi connectivity index (χ0) is 10.2. The van der Waals surface area contributed by atoms with Gasteiger partial charge in [0.2, 0.25) is 0 Å². The van der Waals surface area contributed by atoms with Gasteiger partial charge in [-0.1, -0.05) is 24.1 Å². The van der Waals surface area contributed by atoms with Gasteiger partial charge in [-0.3, -0.25) is 0 Å². The van der Waals surface area contributed by atoms with Gasteiger partial charge < -0.3 is 9.84 Å². The number of carbonyl (C=O) groups is 1. The maximum atomic E-state index is 10.0. The highest BCUT2D eigenvalue weighted by atomic mass is 16.5. The summed E-state index contributed by atoms with van der Waals surface area (Å²) in [5.74, 6) is 4.16. The number of rotatable bonds is 3. The second kappa shape index (κ2) is 5.65. The van der Waals surface area contributed by atoms with Crippen LogP contribution >= 0.6 is 0 Å². The lowest BCUT2D eigenvalue weighted by molar-refractivity contribution is -0.130. The molecule has 14 heavy (non-hydrogen) atoms. The summed E-state index contributed by atoms with van der Waals surface area (Å²) in [4.78, 5) is 10.0. The number of hydrogen-bond donors (Lipinski definition) is 1. The number of para-hydroxylation sites is 1. The summed E-state index contributed by atoms with van der Waals surface area (Å²) in [5, 5.41) is 8.22. The van der Waals surface area contributed by atoms with Crippen molar-refractivity contribution < 1.29 is 14.6 Å². The summed E-state index contributed by atoms with van der Waals surface area (Å²) < 4.78 is 5.29. The zero-order valence-electron chi connectivity index (χ0n) is 7.56. The van der Waals surface area contributed by atoms with E-state index in [9.17, 15) is 4.79 Å². The van der Waals surface area contributed by atoms with Gasteiger partial charge in [0.15, 0.2) is 0 Å². The predicted octanol–water partition coefficient (Wildman–Crippen LogP) is 1.54. The molecule has 3 heteroatoms. The molecule has 1 rings (SSSR count). The summed E-state index contributed by atoms with van der Waals surface area (Å²) in [6.45, 7) is 0.407. The first-order valence-corrected chi connectivity index (χ1v) is 4.18. The Morgan fingerprint density at radius 3 is 2.71 bits per heavy atom. The molecule has 0 heterocycles. The van der Waals surface area contributed by atoms with Gasteiger partial charge in [0.25, 0.3) is 0 Å². The third kappa shape index (κ3) is 4.17. The van der Waals surface area contributed by atoms with E-state index in [4.69, 9.17) is 9.84 Å². The number of carboxylic acid groups (broad SMARTS) is 1. The van der Waals surface area contributed by atoms with E-state index in [-0.39, 0.29) is 0 Å². The largest absolute Gasteiger partial charge is 0.493 e. The van der Waals surface area contributed by atoms with E-state index < -0.39 is 5.97 Å². The van der Waals surface area contributed by atoms with Crippen LogP contribution in [0.15, 0.2) is 30.3 Å². The molecule has 72 valence electrons. The summed E-state index contributed by atoms with van der Waals surface area (Å²) in [7, 11) is 0. The Balaban J connectivity index is 2.24. The molecule has 0 atom stereocenters. The first-order chi connectivity index (χ1) is 6.79. The van der Waals surface area contributed by atoms with Gasteiger partial charge in [-0.2, -0.15) is 0 Å². The number of aliphatic carboxylic acids is 1. The standard InChI is InChI=1S/C11H10O3/c12-11(13)8-4-5-9-14-10-6-2-1-3-7-10/h1-3,6-7H,5,9H2,(H,12,13). The molecule has 0 spiro atoms. The summed E-state index contributed by atoms with van der Waals surface area (Å²) >= 11 is 0. The lowest BCUT2D eigenvalue weighted by Gasteiger charge is -2.01. The van der Waals surface area contributed by atoms with E-state index in [2.05, 4.69) is 5.92 Å². The van der Waals surface area contributed by atoms with Crippen LogP contribution in [0, 0.1) is 11.8 Å². The lowest BCUT2D eigenvalue weighted by Crippen LogP contribution is -1.96. The monoisotopic (exact) mass is 190 g/mol. The van der Waals surface area contributed by atoms with Gasteiger partial charge in [0.05, 0.1) is 6.61 Å². The van der Waals surface area contributed by atoms with Crippen LogP contribution in [0.3, 0.4) is 0 Å². The van der Waals surface area contributed by atoms with Gasteiger partial charge in [-0.25, -0.2) is 4.79 Å². The lowest BCUT2D eigenvalue weighted by atomic mass is 10.3. The third-order valence-corrected chi connectivity index (χ3v) is 1.43. The fourth-order valence-corrected chi connectivity index (χ4v) is 0.875. The van der Waals surface area contributed by atoms with Crippen LogP contribution in [0.25, 0.3) is 0 Å². The van der Waals surface area contributed by atoms with E-state index in [0.29, 0.717) is 13.0 Å². The predicted molar refractivity (Wildman–Crippen MR) is 52.0 cm³/mol. The molecule has 0 saturated heterocycles. The highest BCUT2D eigenvalue weighted by molar-refractivity contribution is 5.86. The van der Waals surface area contributed by atoms with E-state index in [1.165, 1.54) is 0 Å². The molecule has 0 radical (unpaired) electrons. The minimum atomic E-state index is -1.11. The molecule has 1 aromatic carbocycles. The number of ether oxygens (including phenoxy) is 1. The molecular weight excluding hydrogens is 180 g/mol. The average Bonchev–Trinajstić information content (AvgIpc) is 2.18. The van der Waals surface area contributed by atoms with Crippen LogP contribution in [-0.2, 0) is 4.79 Å². The smallest absolute Gasteiger partial charge is 0.381 e. The van der Waals surface area contributed by atoms with Crippen LogP contribution in [-0.4, -0.2) is 17.7 Å². The zero-order valence-corrected chi connectivity index (χ0v) is 7.56. The third-order valence-electron chi connectivity index (χ3n) is 1.43. The maximum absolute atomic E-state index is 10.0. The van der Waals surface area contributed by atoms with E-state index in [1.54, 1.807) is 0 Å². The van der Waals surface area contributed by atoms with Crippen molar-refractivity contribution in [2.45, 2.75) is 6.42 Å². The van der Waals surface area contributed by atoms with Gasteiger partial charge in [-0.15, -0.1) is 0 Å². The van der Waals surface area contributed by atoms with Gasteiger partial charge in [0.1, 0.15) is 5.75 Å². The molecule has 0 unspecified atom stereocenters. The molecule has 0 aliphatic heterocycles. The van der Waals surface area contributed by atoms with Crippen molar-refractivity contribution in [2.24, 2.45) is 0 Å². The SMILES string of the molecule is O=C(O)C#CCCOc1ccccc1. The highest BCUT2D eigenvalue weighted by Gasteiger charge is 1.89. The van der Waals surface area contributed by atoms with Crippen molar-refractivity contribution in [1.82, 2.24) is 0 Å². The number of benzene rings is 1. The minimum absolute atomic E-state index is 0.407. The first kappa shape index (κ1) is 10.1. The van der Waals surface area contributed by atoms with Crippen molar-refractivity contribution in [3.8, 4) is 17.6 Å². The summed E-state index contributed by atoms with van der Waals surface area (Å²) in [5.41, 5.74) is 0. The van der Waals surface area contributed by atoms with E-state index >= 15 is 0 Å². The van der Waals surface area contributed by atoms with Crippen molar-refractivity contribution in [1.29, 1.82) is 0 Å². The van der Waals surface area contributed by atoms with Crippen LogP contribution in [0.1, 0.15) is 6.42 Å². The quantitative estimate of drug-likeness (QED) is 0.581. The van der Waals surface area contributed by atoms with Crippen molar-refractivity contribution in [3.63, 3.8) is 0 Å². The average molecular weight is 190 g/mol. The Labute approximate surface area is 82.3 Å². The van der Waals surface area contributed by atoms with Crippen molar-refractivity contribution in [3.05, 3.63) is 30.3 Å². The second-order valence-corrected chi connectivity index (χ2v) is 2.52. The van der Waals surface area contributed by atoms with Crippen molar-refractivity contribution >= 4 is 5.97 Å². The van der Waals surface area contributed by atoms with Crippen LogP contribution < -0.4 is 4.74 Å². The molecule has 0 saturated carbocycles. The van der Waals surface area contributed by atoms with Crippen LogP contribution in [0.4, 0.5) is 0 Å². The van der Waals surface area contributed by atoms with E-state index in [1.807, 2.05) is 36.3 Å². The normalized spacial score (nSPS) is 8.57. The number of hydrogen-bond acceptors (Lipinski definition) is 2. The maximum Gasteiger partial charge on any atom is 0.381 e. The van der Waals surface area contributed by atoms with Gasteiger partial charge in [0, 0.05) is 12.3 Å². The number of carboxylic acids is 1. The fourth-order valence-electron chi connectivity index (χ4n) is 0.875. The Morgan fingerprint density at radius 1 is 1.36 bits per heavy atom. The molecule has 1 N–H and O–H groups in total. The second-order valence-electron chi connectivity index (χ2n) is 2.52. The molecule has 0 fully saturated rings. The van der Waals surface area contributed by atoms with Crippen molar-refractivity contribution in [2.75, 3.05) is 6.61 Å². The first-order valence-electron chi connectivity index (χ1n) is 4.18. The summed E-state index contributed by atoms with van der Waals surface area (Å²) in [6, 6.07) is 9.32. The van der Waals surface area contributed by atoms with Gasteiger partial charge >= 0.3 is 5.97 Å². The molecule has 0 bridgehead atoms. The fraction of sp³-hybridized carbons (Fsp3) is 0.182. The molecule has 0 aliphatic rings. The van der Waals surface area contributed by atoms with Crippen LogP contribution in [0.2, 0.25) is 0 Å². The molecule has 1 aromatic rings.